The lowest BCUT2D eigenvalue weighted by molar-refractivity contribution is -0.150. The summed E-state index contributed by atoms with van der Waals surface area (Å²) in [6.07, 6.45) is 62.2. The van der Waals surface area contributed by atoms with E-state index in [2.05, 4.69) is 105 Å². The summed E-state index contributed by atoms with van der Waals surface area (Å²) in [5.74, 6) is -0.592. The van der Waals surface area contributed by atoms with Crippen LogP contribution in [0.25, 0.3) is 0 Å². The SMILES string of the molecule is CC/C=C/C/C=C/C/C=C/C/C=C/C/C=C/CCC(=O)OC(CCCCCCC/C=C/C/C=C/CC)CC(=O)NC(CO)C(O)CCCCCCCCCCCCCCCC. The molecule has 0 aromatic rings. The zero-order chi connectivity index (χ0) is 44.5. The summed E-state index contributed by atoms with van der Waals surface area (Å²) in [7, 11) is 0. The van der Waals surface area contributed by atoms with E-state index >= 15 is 0 Å². The minimum absolute atomic E-state index is 0.0345. The average Bonchev–Trinajstić information content (AvgIpc) is 3.25. The number of nitrogens with one attached hydrogen (secondary N) is 1. The molecule has 0 aliphatic rings. The van der Waals surface area contributed by atoms with Crippen molar-refractivity contribution in [3.63, 3.8) is 0 Å². The topological polar surface area (TPSA) is 95.9 Å². The number of rotatable bonds is 44. The van der Waals surface area contributed by atoms with Crippen molar-refractivity contribution in [1.82, 2.24) is 5.32 Å². The van der Waals surface area contributed by atoms with Gasteiger partial charge >= 0.3 is 5.97 Å². The van der Waals surface area contributed by atoms with Crippen LogP contribution in [-0.2, 0) is 14.3 Å². The third-order valence-corrected chi connectivity index (χ3v) is 11.0. The highest BCUT2D eigenvalue weighted by atomic mass is 16.5. The van der Waals surface area contributed by atoms with Gasteiger partial charge in [-0.15, -0.1) is 0 Å². The summed E-state index contributed by atoms with van der Waals surface area (Å²) in [4.78, 5) is 26.1. The number of aliphatic hydroxyl groups is 2. The van der Waals surface area contributed by atoms with E-state index in [9.17, 15) is 19.8 Å². The second kappa shape index (κ2) is 48.1. The van der Waals surface area contributed by atoms with Gasteiger partial charge in [-0.25, -0.2) is 0 Å². The monoisotopic (exact) mass is 850 g/mol. The molecular weight excluding hydrogens is 755 g/mol. The highest BCUT2D eigenvalue weighted by Gasteiger charge is 2.24. The van der Waals surface area contributed by atoms with Gasteiger partial charge < -0.3 is 20.3 Å². The predicted molar refractivity (Wildman–Crippen MR) is 264 cm³/mol. The van der Waals surface area contributed by atoms with Gasteiger partial charge in [0.2, 0.25) is 5.91 Å². The van der Waals surface area contributed by atoms with E-state index in [0.29, 0.717) is 19.3 Å². The number of ether oxygens (including phenoxy) is 1. The molecule has 0 aliphatic heterocycles. The molecule has 1 amide bonds. The normalized spacial score (nSPS) is 14.0. The first-order valence-electron chi connectivity index (χ1n) is 25.3. The van der Waals surface area contributed by atoms with Crippen molar-refractivity contribution in [1.29, 1.82) is 0 Å². The van der Waals surface area contributed by atoms with Gasteiger partial charge in [0, 0.05) is 6.42 Å². The number of hydrogen-bond acceptors (Lipinski definition) is 5. The summed E-state index contributed by atoms with van der Waals surface area (Å²) in [6, 6.07) is -0.724. The second-order valence-electron chi connectivity index (χ2n) is 16.8. The van der Waals surface area contributed by atoms with Crippen LogP contribution in [0.1, 0.15) is 226 Å². The zero-order valence-electron chi connectivity index (χ0n) is 39.8. The molecule has 6 nitrogen and oxygen atoms in total. The second-order valence-corrected chi connectivity index (χ2v) is 16.8. The first-order valence-corrected chi connectivity index (χ1v) is 25.3. The molecule has 61 heavy (non-hydrogen) atoms. The van der Waals surface area contributed by atoms with Crippen molar-refractivity contribution in [2.75, 3.05) is 6.61 Å². The molecule has 3 N–H and O–H groups in total. The number of hydrogen-bond donors (Lipinski definition) is 3. The summed E-state index contributed by atoms with van der Waals surface area (Å²) >= 11 is 0. The van der Waals surface area contributed by atoms with Crippen LogP contribution >= 0.6 is 0 Å². The standard InChI is InChI=1S/C55H95NO5/c1-4-7-10-13-16-19-22-25-27-28-30-33-36-39-42-45-48-55(60)61-51(46-43-40-37-34-31-24-21-18-15-12-9-6-3)49-54(59)56-52(50-57)53(58)47-44-41-38-35-32-29-26-23-20-17-14-11-8-5-2/h7,9-10,12,16,18-19,21,25,27,30,33,39,42,51-53,57-58H,4-6,8,11,13-15,17,20,22-24,26,28-29,31-32,34-38,40-41,43-50H2,1-3H3,(H,56,59)/b10-7+,12-9+,19-16+,21-18+,27-25+,33-30+,42-39+. The van der Waals surface area contributed by atoms with Crippen LogP contribution in [-0.4, -0.2) is 46.9 Å². The summed E-state index contributed by atoms with van der Waals surface area (Å²) in [5, 5.41) is 23.7. The van der Waals surface area contributed by atoms with E-state index in [1.807, 2.05) is 6.08 Å². The van der Waals surface area contributed by atoms with Crippen molar-refractivity contribution in [3.8, 4) is 0 Å². The molecule has 0 aromatic carbocycles. The number of unbranched alkanes of at least 4 members (excludes halogenated alkanes) is 18. The lowest BCUT2D eigenvalue weighted by atomic mass is 10.0. The van der Waals surface area contributed by atoms with Crippen LogP contribution in [0.2, 0.25) is 0 Å². The molecule has 0 bridgehead atoms. The minimum Gasteiger partial charge on any atom is -0.462 e. The molecule has 3 unspecified atom stereocenters. The molecule has 0 aliphatic carbocycles. The summed E-state index contributed by atoms with van der Waals surface area (Å²) < 4.78 is 5.87. The Morgan fingerprint density at radius 1 is 0.492 bits per heavy atom. The van der Waals surface area contributed by atoms with E-state index in [-0.39, 0.29) is 31.3 Å². The average molecular weight is 850 g/mol. The van der Waals surface area contributed by atoms with Crippen LogP contribution < -0.4 is 5.32 Å². The smallest absolute Gasteiger partial charge is 0.306 e. The van der Waals surface area contributed by atoms with Crippen molar-refractivity contribution in [2.24, 2.45) is 0 Å². The fourth-order valence-electron chi connectivity index (χ4n) is 7.22. The van der Waals surface area contributed by atoms with Crippen molar-refractivity contribution in [3.05, 3.63) is 85.1 Å². The number of allylic oxidation sites excluding steroid dienone is 14. The van der Waals surface area contributed by atoms with Crippen molar-refractivity contribution < 1.29 is 24.5 Å². The third kappa shape index (κ3) is 43.5. The summed E-state index contributed by atoms with van der Waals surface area (Å²) in [5.41, 5.74) is 0. The first kappa shape index (κ1) is 58.0. The molecular formula is C55H95NO5. The van der Waals surface area contributed by atoms with E-state index in [1.165, 1.54) is 70.6 Å². The Morgan fingerprint density at radius 3 is 1.34 bits per heavy atom. The predicted octanol–water partition coefficient (Wildman–Crippen LogP) is 15.2. The van der Waals surface area contributed by atoms with Crippen molar-refractivity contribution >= 4 is 11.9 Å². The fourth-order valence-corrected chi connectivity index (χ4v) is 7.22. The maximum Gasteiger partial charge on any atom is 0.306 e. The molecule has 3 atom stereocenters. The Balaban J connectivity index is 4.68. The molecule has 6 heteroatoms. The molecule has 350 valence electrons. The molecule has 0 fully saturated rings. The Bertz CT molecular complexity index is 1180. The van der Waals surface area contributed by atoms with Gasteiger partial charge in [-0.3, -0.25) is 9.59 Å². The number of esters is 1. The van der Waals surface area contributed by atoms with Gasteiger partial charge in [-0.1, -0.05) is 215 Å². The van der Waals surface area contributed by atoms with Crippen LogP contribution in [0.3, 0.4) is 0 Å². The molecule has 0 saturated carbocycles. The third-order valence-electron chi connectivity index (χ3n) is 11.0. The first-order chi connectivity index (χ1) is 30.0. The minimum atomic E-state index is -0.807. The van der Waals surface area contributed by atoms with Crippen molar-refractivity contribution in [2.45, 2.75) is 244 Å². The molecule has 0 spiro atoms. The van der Waals surface area contributed by atoms with Gasteiger partial charge in [0.05, 0.1) is 25.2 Å². The Kier molecular flexibility index (Phi) is 45.7. The van der Waals surface area contributed by atoms with E-state index in [0.717, 1.165) is 103 Å². The van der Waals surface area contributed by atoms with Crippen LogP contribution in [0.5, 0.6) is 0 Å². The van der Waals surface area contributed by atoms with E-state index in [4.69, 9.17) is 4.74 Å². The molecule has 0 saturated heterocycles. The number of amides is 1. The van der Waals surface area contributed by atoms with Gasteiger partial charge in [0.1, 0.15) is 6.10 Å². The highest BCUT2D eigenvalue weighted by Crippen LogP contribution is 2.17. The van der Waals surface area contributed by atoms with Gasteiger partial charge in [0.15, 0.2) is 0 Å². The fraction of sp³-hybridized carbons (Fsp3) is 0.709. The lowest BCUT2D eigenvalue weighted by Crippen LogP contribution is -2.46. The van der Waals surface area contributed by atoms with E-state index in [1.54, 1.807) is 0 Å². The summed E-state index contributed by atoms with van der Waals surface area (Å²) in [6.45, 7) is 6.24. The maximum atomic E-state index is 13.2. The lowest BCUT2D eigenvalue weighted by Gasteiger charge is -2.24. The molecule has 0 aromatic heterocycles. The van der Waals surface area contributed by atoms with Crippen LogP contribution in [0.15, 0.2) is 85.1 Å². The van der Waals surface area contributed by atoms with Crippen LogP contribution in [0, 0.1) is 0 Å². The highest BCUT2D eigenvalue weighted by molar-refractivity contribution is 5.77. The number of carbonyl (C=O) groups is 2. The zero-order valence-corrected chi connectivity index (χ0v) is 39.8. The van der Waals surface area contributed by atoms with Crippen LogP contribution in [0.4, 0.5) is 0 Å². The van der Waals surface area contributed by atoms with Gasteiger partial charge in [-0.2, -0.15) is 0 Å². The Hall–Kier alpha value is -2.96. The van der Waals surface area contributed by atoms with Gasteiger partial charge in [0.25, 0.3) is 0 Å². The number of carbonyl (C=O) groups excluding carboxylic acids is 2. The number of aliphatic hydroxyl groups excluding tert-OH is 2. The quantitative estimate of drug-likeness (QED) is 0.0322. The van der Waals surface area contributed by atoms with E-state index < -0.39 is 18.2 Å². The maximum absolute atomic E-state index is 13.2. The Morgan fingerprint density at radius 2 is 0.885 bits per heavy atom. The molecule has 0 radical (unpaired) electrons. The van der Waals surface area contributed by atoms with Gasteiger partial charge in [-0.05, 0) is 83.5 Å². The Labute approximate surface area is 376 Å². The molecule has 0 rings (SSSR count). The molecule has 0 heterocycles. The largest absolute Gasteiger partial charge is 0.462 e.